The number of piperidine rings is 1. The molecule has 4 heterocycles. The van der Waals surface area contributed by atoms with Gasteiger partial charge in [-0.2, -0.15) is 0 Å². The molecule has 7 rings (SSSR count). The number of halogens is 1. The highest BCUT2D eigenvalue weighted by molar-refractivity contribution is 6.35. The van der Waals surface area contributed by atoms with Crippen LogP contribution in [0.25, 0.3) is 10.9 Å². The van der Waals surface area contributed by atoms with E-state index in [2.05, 4.69) is 39.6 Å². The number of likely N-dealkylation sites (tertiary alicyclic amines) is 1. The number of unbranched alkanes of at least 4 members (excludes halogenated alkanes) is 1. The minimum Gasteiger partial charge on any atom is -0.455 e. The molecule has 2 amide bonds. The fourth-order valence-electron chi connectivity index (χ4n) is 8.82. The van der Waals surface area contributed by atoms with Crippen LogP contribution in [0.1, 0.15) is 88.4 Å². The summed E-state index contributed by atoms with van der Waals surface area (Å²) in [6.45, 7) is 7.78. The standard InChI is InChI=1S/C42H59ClN8O3/c1-29-39(32-10-4-2-5-11-32)54-42(47-29)50-22-23-51(38(28-50)40(52)46-26-31-15-18-36-34(24-31)35(43)27-45-36)41(53)37(48-33-16-13-30(25-44)14-17-33)12-6-9-21-49-19-7-3-8-20-49/h2,4-5,10-11,15,18,24,27,29-30,33,37-39,45,48H,3,6-9,12-14,16-17,19-23,25-26,28,44H2,1H3,(H,46,52)/t29-,30?,33?,37?,38-,39+/m0/s1. The van der Waals surface area contributed by atoms with Gasteiger partial charge in [-0.25, -0.2) is 4.99 Å². The van der Waals surface area contributed by atoms with Crippen molar-refractivity contribution in [3.63, 3.8) is 0 Å². The first kappa shape index (κ1) is 38.6. The Kier molecular flexibility index (Phi) is 13.1. The Morgan fingerprint density at radius 2 is 1.81 bits per heavy atom. The van der Waals surface area contributed by atoms with Gasteiger partial charge in [0, 0.05) is 42.8 Å². The molecule has 2 aromatic carbocycles. The molecule has 5 N–H and O–H groups in total. The SMILES string of the molecule is C[C@@H]1N=C(N2CCN(C(=O)C(CCCCN3CCCCC3)NC3CCC(CN)CC3)[C@H](C(=O)NCc3ccc4[nH]cc(Cl)c4c3)C2)O[C@H]1c1ccccc1. The summed E-state index contributed by atoms with van der Waals surface area (Å²) in [5.74, 6) is 0.382. The Hall–Kier alpha value is -3.64. The highest BCUT2D eigenvalue weighted by atomic mass is 35.5. The highest BCUT2D eigenvalue weighted by Gasteiger charge is 2.42. The van der Waals surface area contributed by atoms with E-state index in [0.29, 0.717) is 43.1 Å². The maximum Gasteiger partial charge on any atom is 0.288 e. The lowest BCUT2D eigenvalue weighted by Crippen LogP contribution is -2.64. The Balaban J connectivity index is 1.07. The van der Waals surface area contributed by atoms with Crippen molar-refractivity contribution in [3.8, 4) is 0 Å². The Morgan fingerprint density at radius 3 is 2.59 bits per heavy atom. The number of nitrogens with two attached hydrogens (primary N) is 1. The normalized spacial score (nSPS) is 25.7. The molecule has 3 aliphatic heterocycles. The summed E-state index contributed by atoms with van der Waals surface area (Å²) in [6, 6.07) is 15.8. The third kappa shape index (κ3) is 9.41. The quantitative estimate of drug-likeness (QED) is 0.167. The molecular formula is C42H59ClN8O3. The molecule has 1 aliphatic carbocycles. The van der Waals surface area contributed by atoms with Crippen molar-refractivity contribution in [2.24, 2.45) is 16.6 Å². The van der Waals surface area contributed by atoms with Crippen LogP contribution in [0.2, 0.25) is 5.02 Å². The smallest absolute Gasteiger partial charge is 0.288 e. The number of nitrogens with one attached hydrogen (secondary N) is 3. The molecule has 11 nitrogen and oxygen atoms in total. The number of amidine groups is 1. The van der Waals surface area contributed by atoms with E-state index in [4.69, 9.17) is 27.1 Å². The zero-order valence-electron chi connectivity index (χ0n) is 31.9. The number of carbonyl (C=O) groups excluding carboxylic acids is 2. The lowest BCUT2D eigenvalue weighted by atomic mass is 9.85. The first-order valence-corrected chi connectivity index (χ1v) is 20.8. The maximum absolute atomic E-state index is 14.8. The predicted molar refractivity (Wildman–Crippen MR) is 215 cm³/mol. The molecule has 1 saturated carbocycles. The summed E-state index contributed by atoms with van der Waals surface area (Å²) in [7, 11) is 0. The van der Waals surface area contributed by atoms with Gasteiger partial charge < -0.3 is 40.8 Å². The molecule has 0 spiro atoms. The van der Waals surface area contributed by atoms with Crippen molar-refractivity contribution in [2.45, 2.75) is 108 Å². The summed E-state index contributed by atoms with van der Waals surface area (Å²) in [4.78, 5) is 43.7. The van der Waals surface area contributed by atoms with Gasteiger partial charge in [-0.15, -0.1) is 0 Å². The van der Waals surface area contributed by atoms with Crippen LogP contribution in [0, 0.1) is 5.92 Å². The molecule has 2 saturated heterocycles. The summed E-state index contributed by atoms with van der Waals surface area (Å²) in [5.41, 5.74) is 8.97. The topological polar surface area (TPSA) is 131 Å². The van der Waals surface area contributed by atoms with E-state index in [1.807, 2.05) is 46.2 Å². The molecule has 292 valence electrons. The summed E-state index contributed by atoms with van der Waals surface area (Å²) >= 11 is 6.41. The molecule has 0 radical (unpaired) electrons. The Morgan fingerprint density at radius 1 is 1.02 bits per heavy atom. The number of piperazine rings is 1. The second kappa shape index (κ2) is 18.3. The van der Waals surface area contributed by atoms with Crippen LogP contribution in [-0.2, 0) is 20.9 Å². The van der Waals surface area contributed by atoms with E-state index in [1.165, 1.54) is 32.4 Å². The lowest BCUT2D eigenvalue weighted by Gasteiger charge is -2.42. The molecule has 12 heteroatoms. The second-order valence-electron chi connectivity index (χ2n) is 15.9. The molecule has 3 aromatic rings. The molecular weight excluding hydrogens is 700 g/mol. The fraction of sp³-hybridized carbons (Fsp3) is 0.595. The van der Waals surface area contributed by atoms with E-state index in [-0.39, 0.29) is 36.0 Å². The van der Waals surface area contributed by atoms with E-state index in [9.17, 15) is 9.59 Å². The Bertz CT molecular complexity index is 1720. The number of ether oxygens (including phenoxy) is 1. The van der Waals surface area contributed by atoms with Crippen molar-refractivity contribution >= 4 is 40.3 Å². The average Bonchev–Trinajstić information content (AvgIpc) is 3.80. The van der Waals surface area contributed by atoms with Crippen molar-refractivity contribution < 1.29 is 14.3 Å². The minimum absolute atomic E-state index is 0.0130. The largest absolute Gasteiger partial charge is 0.455 e. The van der Waals surface area contributed by atoms with Crippen molar-refractivity contribution in [3.05, 3.63) is 70.9 Å². The molecule has 54 heavy (non-hydrogen) atoms. The van der Waals surface area contributed by atoms with Crippen LogP contribution in [0.15, 0.2) is 59.7 Å². The predicted octanol–water partition coefficient (Wildman–Crippen LogP) is 5.60. The monoisotopic (exact) mass is 758 g/mol. The van der Waals surface area contributed by atoms with Gasteiger partial charge in [-0.3, -0.25) is 9.59 Å². The third-order valence-electron chi connectivity index (χ3n) is 12.1. The van der Waals surface area contributed by atoms with Gasteiger partial charge in [0.15, 0.2) is 0 Å². The Labute approximate surface area is 325 Å². The van der Waals surface area contributed by atoms with Crippen LogP contribution in [0.4, 0.5) is 0 Å². The van der Waals surface area contributed by atoms with Gasteiger partial charge in [0.25, 0.3) is 6.02 Å². The highest BCUT2D eigenvalue weighted by Crippen LogP contribution is 2.31. The lowest BCUT2D eigenvalue weighted by molar-refractivity contribution is -0.145. The summed E-state index contributed by atoms with van der Waals surface area (Å²) in [5, 5.41) is 8.54. The third-order valence-corrected chi connectivity index (χ3v) is 12.4. The number of nitrogens with zero attached hydrogens (tertiary/aromatic N) is 4. The van der Waals surface area contributed by atoms with Gasteiger partial charge in [-0.05, 0) is 114 Å². The van der Waals surface area contributed by atoms with Crippen LogP contribution in [0.3, 0.4) is 0 Å². The number of rotatable bonds is 13. The first-order chi connectivity index (χ1) is 26.4. The van der Waals surface area contributed by atoms with Crippen LogP contribution in [-0.4, -0.2) is 108 Å². The van der Waals surface area contributed by atoms with Crippen LogP contribution < -0.4 is 16.4 Å². The number of fused-ring (bicyclic) bond motifs is 1. The van der Waals surface area contributed by atoms with Gasteiger partial charge in [0.1, 0.15) is 12.1 Å². The number of aromatic amines is 1. The fourth-order valence-corrected chi connectivity index (χ4v) is 9.03. The van der Waals surface area contributed by atoms with Gasteiger partial charge in [0.05, 0.1) is 23.7 Å². The van der Waals surface area contributed by atoms with Gasteiger partial charge in [0.2, 0.25) is 11.8 Å². The van der Waals surface area contributed by atoms with Crippen molar-refractivity contribution in [2.75, 3.05) is 45.8 Å². The average molecular weight is 759 g/mol. The van der Waals surface area contributed by atoms with Gasteiger partial charge in [-0.1, -0.05) is 60.8 Å². The number of amides is 2. The second-order valence-corrected chi connectivity index (χ2v) is 16.3. The van der Waals surface area contributed by atoms with Crippen LogP contribution >= 0.6 is 11.6 Å². The molecule has 4 aliphatic rings. The first-order valence-electron chi connectivity index (χ1n) is 20.4. The molecule has 0 bridgehead atoms. The summed E-state index contributed by atoms with van der Waals surface area (Å²) in [6.07, 6.45) is 12.4. The number of hydrogen-bond donors (Lipinski definition) is 4. The molecule has 1 unspecified atom stereocenters. The van der Waals surface area contributed by atoms with Gasteiger partial charge >= 0.3 is 0 Å². The maximum atomic E-state index is 14.8. The number of aliphatic imine (C=N–C) groups is 1. The van der Waals surface area contributed by atoms with Crippen LogP contribution in [0.5, 0.6) is 0 Å². The van der Waals surface area contributed by atoms with E-state index < -0.39 is 6.04 Å². The van der Waals surface area contributed by atoms with E-state index >= 15 is 0 Å². The molecule has 3 fully saturated rings. The molecule has 4 atom stereocenters. The van der Waals surface area contributed by atoms with E-state index in [1.54, 1.807) is 6.20 Å². The number of hydrogen-bond acceptors (Lipinski definition) is 8. The molecule has 1 aromatic heterocycles. The zero-order chi connectivity index (χ0) is 37.4. The number of H-pyrrole nitrogens is 1. The number of carbonyl (C=O) groups is 2. The number of aromatic nitrogens is 1. The summed E-state index contributed by atoms with van der Waals surface area (Å²) < 4.78 is 6.48. The zero-order valence-corrected chi connectivity index (χ0v) is 32.6. The minimum atomic E-state index is -0.714. The van der Waals surface area contributed by atoms with Crippen molar-refractivity contribution in [1.82, 2.24) is 30.3 Å². The van der Waals surface area contributed by atoms with E-state index in [0.717, 1.165) is 80.1 Å². The van der Waals surface area contributed by atoms with Crippen molar-refractivity contribution in [1.29, 1.82) is 0 Å². The number of benzene rings is 2.